The molecule has 1 N–H and O–H groups in total. The van der Waals surface area contributed by atoms with E-state index in [1.807, 2.05) is 30.5 Å². The number of Topliss-reactive ketones (excluding diaryl/α,β-unsaturated/α-hetero) is 1. The molecule has 2 heterocycles. The van der Waals surface area contributed by atoms with Crippen molar-refractivity contribution in [2.45, 2.75) is 20.3 Å². The molecule has 0 radical (unpaired) electrons. The summed E-state index contributed by atoms with van der Waals surface area (Å²) in [5.41, 5.74) is 7.52. The summed E-state index contributed by atoms with van der Waals surface area (Å²) >= 11 is 0. The molecule has 4 rings (SSSR count). The van der Waals surface area contributed by atoms with Crippen LogP contribution in [0.25, 0.3) is 33.4 Å². The minimum Gasteiger partial charge on any atom is -0.345 e. The molecule has 0 fully saturated rings. The maximum atomic E-state index is 12.1. The van der Waals surface area contributed by atoms with E-state index in [0.29, 0.717) is 12.0 Å². The molecule has 0 atom stereocenters. The van der Waals surface area contributed by atoms with Crippen LogP contribution in [0.3, 0.4) is 0 Å². The van der Waals surface area contributed by atoms with Crippen LogP contribution in [0.15, 0.2) is 73.2 Å². The number of carbonyl (C=O) groups is 1. The van der Waals surface area contributed by atoms with Crippen LogP contribution in [-0.2, 0) is 11.2 Å². The Hall–Kier alpha value is -3.53. The van der Waals surface area contributed by atoms with Crippen LogP contribution in [0.5, 0.6) is 0 Å². The molecule has 0 bridgehead atoms. The third kappa shape index (κ3) is 3.37. The summed E-state index contributed by atoms with van der Waals surface area (Å²) in [6, 6.07) is 16.3. The SMILES string of the molecule is C=C(C)C(=O)Cc1cccc(-c2ncnc3[nH]cc(-c4cccc(C)c4)c23)c1. The Kier molecular flexibility index (Phi) is 4.62. The number of ketones is 1. The van der Waals surface area contributed by atoms with Gasteiger partial charge in [-0.2, -0.15) is 0 Å². The Labute approximate surface area is 164 Å². The second-order valence-corrected chi connectivity index (χ2v) is 7.10. The highest BCUT2D eigenvalue weighted by atomic mass is 16.1. The quantitative estimate of drug-likeness (QED) is 0.488. The molecule has 2 aromatic heterocycles. The fraction of sp³-hybridized carbons (Fsp3) is 0.125. The highest BCUT2D eigenvalue weighted by Gasteiger charge is 2.15. The molecule has 28 heavy (non-hydrogen) atoms. The predicted molar refractivity (Wildman–Crippen MR) is 113 cm³/mol. The number of nitrogens with zero attached hydrogens (tertiary/aromatic N) is 2. The number of nitrogens with one attached hydrogen (secondary N) is 1. The number of aromatic nitrogens is 3. The Morgan fingerprint density at radius 1 is 1.07 bits per heavy atom. The molecular formula is C24H21N3O. The van der Waals surface area contributed by atoms with E-state index in [1.54, 1.807) is 13.3 Å². The van der Waals surface area contributed by atoms with E-state index in [1.165, 1.54) is 5.56 Å². The van der Waals surface area contributed by atoms with Gasteiger partial charge in [0.05, 0.1) is 11.1 Å². The van der Waals surface area contributed by atoms with Gasteiger partial charge in [-0.05, 0) is 36.6 Å². The van der Waals surface area contributed by atoms with Gasteiger partial charge in [-0.15, -0.1) is 0 Å². The molecule has 4 nitrogen and oxygen atoms in total. The van der Waals surface area contributed by atoms with Crippen LogP contribution in [-0.4, -0.2) is 20.7 Å². The number of aromatic amines is 1. The number of hydrogen-bond acceptors (Lipinski definition) is 3. The molecule has 0 amide bonds. The number of rotatable bonds is 5. The Balaban J connectivity index is 1.85. The first-order valence-corrected chi connectivity index (χ1v) is 9.20. The van der Waals surface area contributed by atoms with Crippen LogP contribution in [0.4, 0.5) is 0 Å². The predicted octanol–water partition coefficient (Wildman–Crippen LogP) is 5.29. The van der Waals surface area contributed by atoms with Gasteiger partial charge in [0, 0.05) is 23.7 Å². The van der Waals surface area contributed by atoms with Crippen molar-refractivity contribution in [1.29, 1.82) is 0 Å². The van der Waals surface area contributed by atoms with E-state index in [9.17, 15) is 4.79 Å². The number of carbonyl (C=O) groups excluding carboxylic acids is 1. The van der Waals surface area contributed by atoms with E-state index < -0.39 is 0 Å². The van der Waals surface area contributed by atoms with Crippen LogP contribution < -0.4 is 0 Å². The summed E-state index contributed by atoms with van der Waals surface area (Å²) in [6.45, 7) is 7.57. The maximum absolute atomic E-state index is 12.1. The lowest BCUT2D eigenvalue weighted by atomic mass is 9.98. The standard InChI is InChI=1S/C24H21N3O/c1-15(2)21(28)12-17-7-5-9-19(11-17)23-22-20(13-25-24(22)27-14-26-23)18-8-4-6-16(3)10-18/h4-11,13-14H,1,12H2,2-3H3,(H,25,26,27). The van der Waals surface area contributed by atoms with Crippen molar-refractivity contribution in [3.8, 4) is 22.4 Å². The van der Waals surface area contributed by atoms with Gasteiger partial charge in [0.1, 0.15) is 12.0 Å². The highest BCUT2D eigenvalue weighted by Crippen LogP contribution is 2.34. The van der Waals surface area contributed by atoms with Gasteiger partial charge in [-0.3, -0.25) is 4.79 Å². The fourth-order valence-electron chi connectivity index (χ4n) is 3.39. The number of hydrogen-bond donors (Lipinski definition) is 1. The van der Waals surface area contributed by atoms with Crippen LogP contribution in [0.1, 0.15) is 18.1 Å². The number of aryl methyl sites for hydroxylation is 1. The second kappa shape index (κ2) is 7.24. The van der Waals surface area contributed by atoms with E-state index >= 15 is 0 Å². The van der Waals surface area contributed by atoms with Crippen molar-refractivity contribution in [3.63, 3.8) is 0 Å². The fourth-order valence-corrected chi connectivity index (χ4v) is 3.39. The van der Waals surface area contributed by atoms with Crippen LogP contribution in [0.2, 0.25) is 0 Å². The van der Waals surface area contributed by atoms with E-state index in [0.717, 1.165) is 39.0 Å². The molecule has 0 aliphatic rings. The summed E-state index contributed by atoms with van der Waals surface area (Å²) in [4.78, 5) is 24.3. The molecule has 0 saturated heterocycles. The molecule has 0 saturated carbocycles. The molecule has 2 aromatic carbocycles. The molecule has 0 unspecified atom stereocenters. The first kappa shape index (κ1) is 17.9. The first-order chi connectivity index (χ1) is 13.5. The Bertz CT molecular complexity index is 1200. The number of H-pyrrole nitrogens is 1. The second-order valence-electron chi connectivity index (χ2n) is 7.10. The Morgan fingerprint density at radius 3 is 2.64 bits per heavy atom. The van der Waals surface area contributed by atoms with Crippen molar-refractivity contribution >= 4 is 16.8 Å². The smallest absolute Gasteiger partial charge is 0.162 e. The molecule has 0 aliphatic heterocycles. The topological polar surface area (TPSA) is 58.6 Å². The first-order valence-electron chi connectivity index (χ1n) is 9.20. The van der Waals surface area contributed by atoms with Gasteiger partial charge in [0.15, 0.2) is 5.78 Å². The number of fused-ring (bicyclic) bond motifs is 1. The maximum Gasteiger partial charge on any atom is 0.162 e. The minimum absolute atomic E-state index is 0.0482. The van der Waals surface area contributed by atoms with Crippen molar-refractivity contribution < 1.29 is 4.79 Å². The molecular weight excluding hydrogens is 346 g/mol. The molecule has 0 aliphatic carbocycles. The summed E-state index contributed by atoms with van der Waals surface area (Å²) in [7, 11) is 0. The third-order valence-corrected chi connectivity index (χ3v) is 4.84. The largest absolute Gasteiger partial charge is 0.345 e. The average molecular weight is 367 g/mol. The lowest BCUT2D eigenvalue weighted by Gasteiger charge is -2.08. The van der Waals surface area contributed by atoms with E-state index in [4.69, 9.17) is 0 Å². The van der Waals surface area contributed by atoms with Gasteiger partial charge in [-0.1, -0.05) is 54.6 Å². The zero-order valence-electron chi connectivity index (χ0n) is 16.0. The molecule has 4 heteroatoms. The third-order valence-electron chi connectivity index (χ3n) is 4.84. The summed E-state index contributed by atoms with van der Waals surface area (Å²) < 4.78 is 0. The van der Waals surface area contributed by atoms with Crippen LogP contribution >= 0.6 is 0 Å². The zero-order valence-corrected chi connectivity index (χ0v) is 16.0. The van der Waals surface area contributed by atoms with Gasteiger partial charge < -0.3 is 4.98 Å². The van der Waals surface area contributed by atoms with Gasteiger partial charge in [0.2, 0.25) is 0 Å². The highest BCUT2D eigenvalue weighted by molar-refractivity contribution is 6.02. The number of benzene rings is 2. The summed E-state index contributed by atoms with van der Waals surface area (Å²) in [5, 5.41) is 0.983. The van der Waals surface area contributed by atoms with Gasteiger partial charge in [-0.25, -0.2) is 9.97 Å². The minimum atomic E-state index is 0.0482. The van der Waals surface area contributed by atoms with Crippen molar-refractivity contribution in [1.82, 2.24) is 15.0 Å². The van der Waals surface area contributed by atoms with Crippen molar-refractivity contribution in [2.75, 3.05) is 0 Å². The van der Waals surface area contributed by atoms with E-state index in [2.05, 4.69) is 52.7 Å². The molecule has 4 aromatic rings. The van der Waals surface area contributed by atoms with Crippen molar-refractivity contribution in [3.05, 3.63) is 84.3 Å². The summed E-state index contributed by atoms with van der Waals surface area (Å²) in [5.74, 6) is 0.0482. The van der Waals surface area contributed by atoms with Gasteiger partial charge >= 0.3 is 0 Å². The monoisotopic (exact) mass is 367 g/mol. The number of allylic oxidation sites excluding steroid dienone is 1. The lowest BCUT2D eigenvalue weighted by Crippen LogP contribution is -2.03. The van der Waals surface area contributed by atoms with Crippen LogP contribution in [0, 0.1) is 6.92 Å². The molecule has 138 valence electrons. The Morgan fingerprint density at radius 2 is 1.86 bits per heavy atom. The zero-order chi connectivity index (χ0) is 19.7. The van der Waals surface area contributed by atoms with Gasteiger partial charge in [0.25, 0.3) is 0 Å². The normalized spacial score (nSPS) is 10.9. The van der Waals surface area contributed by atoms with E-state index in [-0.39, 0.29) is 5.78 Å². The summed E-state index contributed by atoms with van der Waals surface area (Å²) in [6.07, 6.45) is 3.89. The van der Waals surface area contributed by atoms with Crippen molar-refractivity contribution in [2.24, 2.45) is 0 Å². The average Bonchev–Trinajstić information content (AvgIpc) is 3.12. The lowest BCUT2D eigenvalue weighted by molar-refractivity contribution is -0.114. The molecule has 0 spiro atoms.